The van der Waals surface area contributed by atoms with Crippen LogP contribution in [0.5, 0.6) is 11.5 Å². The van der Waals surface area contributed by atoms with E-state index in [0.29, 0.717) is 23.0 Å². The van der Waals surface area contributed by atoms with Crippen molar-refractivity contribution in [1.82, 2.24) is 4.90 Å². The van der Waals surface area contributed by atoms with Crippen LogP contribution in [0.25, 0.3) is 6.08 Å². The topological polar surface area (TPSA) is 85.3 Å². The van der Waals surface area contributed by atoms with E-state index in [1.54, 1.807) is 31.4 Å². The van der Waals surface area contributed by atoms with Gasteiger partial charge in [0, 0.05) is 6.54 Å². The van der Waals surface area contributed by atoms with Gasteiger partial charge in [0.2, 0.25) is 0 Å². The molecule has 1 fully saturated rings. The van der Waals surface area contributed by atoms with Crippen LogP contribution in [0, 0.1) is 6.92 Å². The maximum absolute atomic E-state index is 13.1. The van der Waals surface area contributed by atoms with E-state index >= 15 is 0 Å². The molecule has 1 saturated heterocycles. The van der Waals surface area contributed by atoms with E-state index in [4.69, 9.17) is 9.47 Å². The van der Waals surface area contributed by atoms with Crippen molar-refractivity contribution in [2.45, 2.75) is 63.7 Å². The molecule has 0 unspecified atom stereocenters. The van der Waals surface area contributed by atoms with Crippen molar-refractivity contribution in [3.8, 4) is 11.5 Å². The Bertz CT molecular complexity index is 1300. The van der Waals surface area contributed by atoms with Gasteiger partial charge in [0.15, 0.2) is 16.7 Å². The first-order valence-electron chi connectivity index (χ1n) is 13.3. The minimum absolute atomic E-state index is 0.0708. The number of rotatable bonds is 15. The summed E-state index contributed by atoms with van der Waals surface area (Å²) >= 11 is 1.02. The van der Waals surface area contributed by atoms with Crippen LogP contribution in [0.15, 0.2) is 69.3 Å². The average Bonchev–Trinajstić information content (AvgIpc) is 3.19. The number of thioether (sulfide) groups is 1. The molecule has 1 amide bonds. The number of aryl methyl sites for hydroxylation is 1. The first kappa shape index (κ1) is 30.5. The van der Waals surface area contributed by atoms with E-state index in [2.05, 4.69) is 17.9 Å². The van der Waals surface area contributed by atoms with Gasteiger partial charge in [-0.3, -0.25) is 9.69 Å². The number of amides is 1. The summed E-state index contributed by atoms with van der Waals surface area (Å²) in [4.78, 5) is 14.9. The molecule has 210 valence electrons. The zero-order valence-electron chi connectivity index (χ0n) is 23.0. The number of carbonyl (C=O) groups is 1. The van der Waals surface area contributed by atoms with Gasteiger partial charge < -0.3 is 9.47 Å². The van der Waals surface area contributed by atoms with Gasteiger partial charge in [-0.1, -0.05) is 75.3 Å². The Hall–Kier alpha value is -3.04. The molecule has 0 N–H and O–H groups in total. The lowest BCUT2D eigenvalue weighted by atomic mass is 10.1. The molecule has 0 saturated carbocycles. The molecule has 39 heavy (non-hydrogen) atoms. The highest BCUT2D eigenvalue weighted by Crippen LogP contribution is 2.35. The summed E-state index contributed by atoms with van der Waals surface area (Å²) < 4.78 is 41.3. The van der Waals surface area contributed by atoms with Crippen LogP contribution >= 0.6 is 11.8 Å². The number of sulfonamides is 1. The monoisotopic (exact) mass is 570 g/mol. The second-order valence-corrected chi connectivity index (χ2v) is 12.0. The summed E-state index contributed by atoms with van der Waals surface area (Å²) in [7, 11) is -2.41. The fourth-order valence-corrected chi connectivity index (χ4v) is 6.21. The van der Waals surface area contributed by atoms with Crippen LogP contribution in [-0.4, -0.2) is 44.7 Å². The predicted octanol–water partition coefficient (Wildman–Crippen LogP) is 6.98. The van der Waals surface area contributed by atoms with Crippen molar-refractivity contribution < 1.29 is 22.7 Å². The van der Waals surface area contributed by atoms with E-state index in [9.17, 15) is 13.2 Å². The van der Waals surface area contributed by atoms with Crippen LogP contribution in [0.2, 0.25) is 0 Å². The molecule has 1 aliphatic rings. The van der Waals surface area contributed by atoms with Crippen LogP contribution in [-0.2, 0) is 14.8 Å². The van der Waals surface area contributed by atoms with E-state index in [1.165, 1.54) is 55.2 Å². The SMILES string of the molecule is C=CCN1C(=O)/C(=C/c2ccc(OCCCCCCCCC)c(OC)c2)S/C1=N/S(=O)(=O)c1ccc(C)cc1. The Morgan fingerprint density at radius 1 is 1.00 bits per heavy atom. The van der Waals surface area contributed by atoms with Gasteiger partial charge in [0.05, 0.1) is 23.5 Å². The molecule has 0 bridgehead atoms. The van der Waals surface area contributed by atoms with Gasteiger partial charge in [0.1, 0.15) is 0 Å². The summed E-state index contributed by atoms with van der Waals surface area (Å²) in [5.41, 5.74) is 1.67. The van der Waals surface area contributed by atoms with Gasteiger partial charge in [-0.2, -0.15) is 8.42 Å². The Balaban J connectivity index is 1.72. The molecule has 0 spiro atoms. The van der Waals surface area contributed by atoms with Gasteiger partial charge in [-0.25, -0.2) is 0 Å². The lowest BCUT2D eigenvalue weighted by Crippen LogP contribution is -2.29. The molecule has 2 aromatic carbocycles. The number of ether oxygens (including phenoxy) is 2. The van der Waals surface area contributed by atoms with Crippen LogP contribution in [0.3, 0.4) is 0 Å². The summed E-state index contributed by atoms with van der Waals surface area (Å²) in [6.45, 7) is 8.54. The summed E-state index contributed by atoms with van der Waals surface area (Å²) in [6, 6.07) is 11.9. The van der Waals surface area contributed by atoms with Crippen LogP contribution < -0.4 is 9.47 Å². The molecule has 7 nitrogen and oxygen atoms in total. The fourth-order valence-electron chi connectivity index (χ4n) is 4.02. The minimum atomic E-state index is -3.99. The standard InChI is InChI=1S/C30H38N2O5S2/c1-5-7-8-9-10-11-12-20-37-26-18-15-24(21-27(26)36-4)22-28-29(33)32(19-6-2)30(38-28)31-39(34,35)25-16-13-23(3)14-17-25/h6,13-18,21-22H,2,5,7-12,19-20H2,1,3-4H3/b28-22-,31-30+. The highest BCUT2D eigenvalue weighted by molar-refractivity contribution is 8.19. The molecular formula is C30H38N2O5S2. The number of methoxy groups -OCH3 is 1. The first-order valence-corrected chi connectivity index (χ1v) is 15.6. The zero-order valence-corrected chi connectivity index (χ0v) is 24.7. The first-order chi connectivity index (χ1) is 18.8. The van der Waals surface area contributed by atoms with Crippen molar-refractivity contribution in [3.05, 3.63) is 71.2 Å². The smallest absolute Gasteiger partial charge is 0.284 e. The number of benzene rings is 2. The number of unbranched alkanes of at least 4 members (excludes halogenated alkanes) is 6. The maximum Gasteiger partial charge on any atom is 0.284 e. The number of carbonyl (C=O) groups excluding carboxylic acids is 1. The minimum Gasteiger partial charge on any atom is -0.493 e. The number of amidine groups is 1. The highest BCUT2D eigenvalue weighted by Gasteiger charge is 2.34. The van der Waals surface area contributed by atoms with E-state index in [1.807, 2.05) is 19.1 Å². The summed E-state index contributed by atoms with van der Waals surface area (Å²) in [5, 5.41) is 0.0911. The lowest BCUT2D eigenvalue weighted by Gasteiger charge is -2.12. The molecular weight excluding hydrogens is 532 g/mol. The quantitative estimate of drug-likeness (QED) is 0.130. The second-order valence-electron chi connectivity index (χ2n) is 9.36. The zero-order chi connectivity index (χ0) is 28.3. The van der Waals surface area contributed by atoms with Crippen LogP contribution in [0.4, 0.5) is 0 Å². The Kier molecular flexibility index (Phi) is 11.7. The number of hydrogen-bond donors (Lipinski definition) is 0. The molecule has 0 atom stereocenters. The van der Waals surface area contributed by atoms with E-state index in [-0.39, 0.29) is 22.5 Å². The molecule has 1 aliphatic heterocycles. The average molecular weight is 571 g/mol. The second kappa shape index (κ2) is 14.9. The molecule has 1 heterocycles. The van der Waals surface area contributed by atoms with Crippen molar-refractivity contribution in [2.24, 2.45) is 4.40 Å². The fraction of sp³-hybridized carbons (Fsp3) is 0.400. The summed E-state index contributed by atoms with van der Waals surface area (Å²) in [5.74, 6) is 0.883. The Morgan fingerprint density at radius 2 is 1.69 bits per heavy atom. The predicted molar refractivity (Wildman–Crippen MR) is 160 cm³/mol. The molecule has 0 aromatic heterocycles. The van der Waals surface area contributed by atoms with Crippen molar-refractivity contribution in [2.75, 3.05) is 20.3 Å². The molecule has 9 heteroatoms. The Labute approximate surface area is 237 Å². The summed E-state index contributed by atoms with van der Waals surface area (Å²) in [6.07, 6.45) is 11.7. The lowest BCUT2D eigenvalue weighted by molar-refractivity contribution is -0.121. The molecule has 3 rings (SSSR count). The largest absolute Gasteiger partial charge is 0.493 e. The Morgan fingerprint density at radius 3 is 2.36 bits per heavy atom. The van der Waals surface area contributed by atoms with Crippen molar-refractivity contribution in [3.63, 3.8) is 0 Å². The van der Waals surface area contributed by atoms with E-state index < -0.39 is 10.0 Å². The molecule has 0 radical (unpaired) electrons. The molecule has 2 aromatic rings. The van der Waals surface area contributed by atoms with Gasteiger partial charge in [-0.15, -0.1) is 11.0 Å². The van der Waals surface area contributed by atoms with E-state index in [0.717, 1.165) is 35.7 Å². The normalized spacial score (nSPS) is 15.8. The van der Waals surface area contributed by atoms with Gasteiger partial charge in [0.25, 0.3) is 15.9 Å². The number of hydrogen-bond acceptors (Lipinski definition) is 6. The van der Waals surface area contributed by atoms with Crippen molar-refractivity contribution in [1.29, 1.82) is 0 Å². The van der Waals surface area contributed by atoms with Gasteiger partial charge in [-0.05, 0) is 61.0 Å². The highest BCUT2D eigenvalue weighted by atomic mass is 32.2. The van der Waals surface area contributed by atoms with Crippen molar-refractivity contribution >= 4 is 38.9 Å². The van der Waals surface area contributed by atoms with Crippen LogP contribution in [0.1, 0.15) is 63.0 Å². The third-order valence-corrected chi connectivity index (χ3v) is 8.61. The third-order valence-electron chi connectivity index (χ3n) is 6.21. The third kappa shape index (κ3) is 8.73. The van der Waals surface area contributed by atoms with Gasteiger partial charge >= 0.3 is 0 Å². The molecule has 0 aliphatic carbocycles. The number of nitrogens with zero attached hydrogens (tertiary/aromatic N) is 2. The maximum atomic E-state index is 13.1.